The molecule has 0 radical (unpaired) electrons. The molecule has 6 rings (SSSR count). The molecule has 1 aromatic carbocycles. The van der Waals surface area contributed by atoms with Crippen molar-refractivity contribution >= 4 is 23.3 Å². The lowest BCUT2D eigenvalue weighted by molar-refractivity contribution is -0.129. The number of nitrogens with one attached hydrogen (secondary N) is 1. The van der Waals surface area contributed by atoms with Crippen molar-refractivity contribution in [1.82, 2.24) is 19.4 Å². The number of nitrogens with zero attached hydrogens (tertiary/aromatic N) is 4. The fraction of sp³-hybridized carbons (Fsp3) is 0.467. The van der Waals surface area contributed by atoms with Crippen LogP contribution in [0.25, 0.3) is 11.1 Å². The van der Waals surface area contributed by atoms with Crippen LogP contribution < -0.4 is 5.32 Å². The molecule has 1 amide bonds. The summed E-state index contributed by atoms with van der Waals surface area (Å²) < 4.78 is 13.3. The Kier molecular flexibility index (Phi) is 7.37. The van der Waals surface area contributed by atoms with Crippen LogP contribution in [0.5, 0.6) is 0 Å². The molecule has 1 N–H and O–H groups in total. The number of ether oxygens (including phenoxy) is 2. The summed E-state index contributed by atoms with van der Waals surface area (Å²) in [6, 6.07) is 12.7. The molecule has 9 heteroatoms. The van der Waals surface area contributed by atoms with Gasteiger partial charge in [-0.25, -0.2) is 4.98 Å². The zero-order valence-electron chi connectivity index (χ0n) is 22.7. The fourth-order valence-corrected chi connectivity index (χ4v) is 6.04. The molecule has 3 aliphatic rings. The number of anilines is 1. The van der Waals surface area contributed by atoms with Gasteiger partial charge >= 0.3 is 0 Å². The first-order chi connectivity index (χ1) is 18.9. The zero-order chi connectivity index (χ0) is 27.0. The molecule has 1 spiro atoms. The smallest absolute Gasteiger partial charge is 0.270 e. The van der Waals surface area contributed by atoms with Crippen molar-refractivity contribution in [2.45, 2.75) is 39.5 Å². The molecule has 8 nitrogen and oxygen atoms in total. The first-order valence-electron chi connectivity index (χ1n) is 13.8. The van der Waals surface area contributed by atoms with Crippen molar-refractivity contribution < 1.29 is 14.3 Å². The Morgan fingerprint density at radius 3 is 2.49 bits per heavy atom. The first-order valence-corrected chi connectivity index (χ1v) is 14.1. The maximum atomic E-state index is 14.1. The van der Waals surface area contributed by atoms with Gasteiger partial charge in [0.15, 0.2) is 0 Å². The van der Waals surface area contributed by atoms with Crippen molar-refractivity contribution in [1.29, 1.82) is 0 Å². The zero-order valence-corrected chi connectivity index (χ0v) is 23.4. The van der Waals surface area contributed by atoms with Crippen LogP contribution in [0, 0.1) is 5.41 Å². The number of hydrogen-bond acceptors (Lipinski definition) is 6. The maximum Gasteiger partial charge on any atom is 0.270 e. The third kappa shape index (κ3) is 5.57. The van der Waals surface area contributed by atoms with Crippen LogP contribution in [0.3, 0.4) is 0 Å². The third-order valence-electron chi connectivity index (χ3n) is 7.83. The Bertz CT molecular complexity index is 1350. The van der Waals surface area contributed by atoms with Crippen molar-refractivity contribution in [3.63, 3.8) is 0 Å². The summed E-state index contributed by atoms with van der Waals surface area (Å²) in [6.45, 7) is 11.7. The van der Waals surface area contributed by atoms with Crippen molar-refractivity contribution in [2.75, 3.05) is 51.4 Å². The van der Waals surface area contributed by atoms with Gasteiger partial charge in [-0.1, -0.05) is 35.9 Å². The number of fused-ring (bicyclic) bond motifs is 1. The van der Waals surface area contributed by atoms with Gasteiger partial charge in [-0.05, 0) is 37.1 Å². The number of morpholine rings is 1. The number of carbonyl (C=O) groups excluding carboxylic acids is 1. The van der Waals surface area contributed by atoms with E-state index in [1.807, 2.05) is 17.0 Å². The second-order valence-corrected chi connectivity index (χ2v) is 11.8. The van der Waals surface area contributed by atoms with Gasteiger partial charge in [-0.3, -0.25) is 9.69 Å². The molecule has 206 valence electrons. The average molecular weight is 550 g/mol. The minimum Gasteiger partial charge on any atom is -0.380 e. The lowest BCUT2D eigenvalue weighted by atomic mass is 9.85. The second-order valence-electron chi connectivity index (χ2n) is 11.4. The summed E-state index contributed by atoms with van der Waals surface area (Å²) in [5.41, 5.74) is 4.83. The Labute approximate surface area is 234 Å². The van der Waals surface area contributed by atoms with Gasteiger partial charge < -0.3 is 24.3 Å². The Morgan fingerprint density at radius 2 is 1.79 bits per heavy atom. The second kappa shape index (κ2) is 10.9. The van der Waals surface area contributed by atoms with Gasteiger partial charge in [0, 0.05) is 68.8 Å². The first kappa shape index (κ1) is 26.3. The monoisotopic (exact) mass is 549 g/mol. The molecule has 2 saturated heterocycles. The summed E-state index contributed by atoms with van der Waals surface area (Å²) >= 11 is 6.60. The van der Waals surface area contributed by atoms with Crippen LogP contribution in [0.15, 0.2) is 48.8 Å². The van der Waals surface area contributed by atoms with Gasteiger partial charge in [-0.2, -0.15) is 0 Å². The summed E-state index contributed by atoms with van der Waals surface area (Å²) in [5.74, 6) is 0.802. The van der Waals surface area contributed by atoms with Crippen molar-refractivity contribution in [3.05, 3.63) is 70.6 Å². The Morgan fingerprint density at radius 1 is 1.05 bits per heavy atom. The molecule has 0 bridgehead atoms. The van der Waals surface area contributed by atoms with E-state index in [0.717, 1.165) is 56.3 Å². The van der Waals surface area contributed by atoms with Crippen LogP contribution >= 0.6 is 11.6 Å². The van der Waals surface area contributed by atoms with Gasteiger partial charge in [-0.15, -0.1) is 0 Å². The van der Waals surface area contributed by atoms with Crippen LogP contribution in [-0.4, -0.2) is 77.4 Å². The number of amides is 1. The molecular weight excluding hydrogens is 514 g/mol. The number of rotatable bonds is 7. The number of hydrogen-bond donors (Lipinski definition) is 1. The predicted molar refractivity (Wildman–Crippen MR) is 152 cm³/mol. The Balaban J connectivity index is 1.31. The highest BCUT2D eigenvalue weighted by atomic mass is 35.5. The molecule has 0 unspecified atom stereocenters. The quantitative estimate of drug-likeness (QED) is 0.467. The SMILES string of the molecule is CC(C)Nc1cc(-c2cc3n(c2)CC2(COC2)CN(Cc2ccccc2CN2CCOCC2)C3=O)c(Cl)cn1. The minimum absolute atomic E-state index is 0.0388. The van der Waals surface area contributed by atoms with Crippen molar-refractivity contribution in [2.24, 2.45) is 5.41 Å². The molecule has 0 aliphatic carbocycles. The summed E-state index contributed by atoms with van der Waals surface area (Å²) in [5, 5.41) is 3.91. The van der Waals surface area contributed by atoms with E-state index >= 15 is 0 Å². The van der Waals surface area contributed by atoms with Gasteiger partial charge in [0.25, 0.3) is 5.91 Å². The van der Waals surface area contributed by atoms with Gasteiger partial charge in [0.05, 0.1) is 36.9 Å². The molecule has 3 aliphatic heterocycles. The minimum atomic E-state index is -0.0945. The number of benzene rings is 1. The highest BCUT2D eigenvalue weighted by molar-refractivity contribution is 6.33. The molecule has 2 fully saturated rings. The predicted octanol–water partition coefficient (Wildman–Crippen LogP) is 4.53. The molecule has 0 atom stereocenters. The number of carbonyl (C=O) groups is 1. The fourth-order valence-electron chi connectivity index (χ4n) is 5.83. The highest BCUT2D eigenvalue weighted by Gasteiger charge is 2.45. The molecule has 39 heavy (non-hydrogen) atoms. The van der Waals surface area contributed by atoms with Crippen LogP contribution in [0.1, 0.15) is 35.5 Å². The van der Waals surface area contributed by atoms with E-state index in [-0.39, 0.29) is 17.4 Å². The lowest BCUT2D eigenvalue weighted by Crippen LogP contribution is -2.52. The molecule has 2 aromatic heterocycles. The molecular formula is C30H36ClN5O3. The third-order valence-corrected chi connectivity index (χ3v) is 8.13. The molecule has 3 aromatic rings. The number of aromatic nitrogens is 2. The highest BCUT2D eigenvalue weighted by Crippen LogP contribution is 2.38. The van der Waals surface area contributed by atoms with E-state index in [1.54, 1.807) is 6.20 Å². The summed E-state index contributed by atoms with van der Waals surface area (Å²) in [4.78, 5) is 23.0. The standard InChI is InChI=1S/C30H36ClN5O3/c1-21(2)33-28-12-25(26(31)13-32-28)24-11-27-29(37)36(18-30(19-39-20-30)17-35(27)16-24)15-23-6-4-3-5-22(23)14-34-7-9-38-10-8-34/h3-6,11-13,16,21H,7-10,14-15,17-20H2,1-2H3,(H,32,33). The lowest BCUT2D eigenvalue weighted by Gasteiger charge is -2.43. The normalized spacial score (nSPS) is 19.2. The summed E-state index contributed by atoms with van der Waals surface area (Å²) in [7, 11) is 0. The van der Waals surface area contributed by atoms with Crippen LogP contribution in [0.2, 0.25) is 5.02 Å². The molecule has 5 heterocycles. The van der Waals surface area contributed by atoms with E-state index in [2.05, 4.69) is 64.1 Å². The maximum absolute atomic E-state index is 14.1. The van der Waals surface area contributed by atoms with E-state index in [1.165, 1.54) is 11.1 Å². The van der Waals surface area contributed by atoms with E-state index in [9.17, 15) is 4.79 Å². The van der Waals surface area contributed by atoms with Gasteiger partial charge in [0.1, 0.15) is 11.5 Å². The van der Waals surface area contributed by atoms with Crippen LogP contribution in [-0.2, 0) is 29.1 Å². The number of halogens is 1. The topological polar surface area (TPSA) is 71.9 Å². The average Bonchev–Trinajstić information content (AvgIpc) is 3.27. The molecule has 0 saturated carbocycles. The largest absolute Gasteiger partial charge is 0.380 e. The van der Waals surface area contributed by atoms with E-state index in [0.29, 0.717) is 37.0 Å². The van der Waals surface area contributed by atoms with Crippen LogP contribution in [0.4, 0.5) is 5.82 Å². The number of pyridine rings is 1. The van der Waals surface area contributed by atoms with E-state index < -0.39 is 0 Å². The van der Waals surface area contributed by atoms with Crippen molar-refractivity contribution in [3.8, 4) is 11.1 Å². The van der Waals surface area contributed by atoms with E-state index in [4.69, 9.17) is 21.1 Å². The Hall–Kier alpha value is -2.91. The van der Waals surface area contributed by atoms with Gasteiger partial charge in [0.2, 0.25) is 0 Å². The summed E-state index contributed by atoms with van der Waals surface area (Å²) in [6.07, 6.45) is 3.73.